The molecule has 7 heteroatoms. The number of nitrogens with zero attached hydrogens (tertiary/aromatic N) is 4. The van der Waals surface area contributed by atoms with Crippen molar-refractivity contribution in [3.8, 4) is 0 Å². The molecule has 2 heterocycles. The van der Waals surface area contributed by atoms with Gasteiger partial charge >= 0.3 is 0 Å². The molecule has 5 nitrogen and oxygen atoms in total. The molecule has 2 rings (SSSR count). The zero-order valence-corrected chi connectivity index (χ0v) is 12.1. The Morgan fingerprint density at radius 1 is 1.59 bits per heavy atom. The second kappa shape index (κ2) is 5.70. The number of hydrogen-bond donors (Lipinski definition) is 1. The van der Waals surface area contributed by atoms with E-state index in [-0.39, 0.29) is 6.04 Å². The fourth-order valence-electron chi connectivity index (χ4n) is 1.67. The highest BCUT2D eigenvalue weighted by Crippen LogP contribution is 2.27. The summed E-state index contributed by atoms with van der Waals surface area (Å²) < 4.78 is 6.77. The van der Waals surface area contributed by atoms with Gasteiger partial charge in [-0.2, -0.15) is 5.10 Å². The van der Waals surface area contributed by atoms with Crippen LogP contribution in [0.25, 0.3) is 0 Å². The lowest BCUT2D eigenvalue weighted by atomic mass is 10.1. The molecule has 0 aliphatic rings. The largest absolute Gasteiger partial charge is 0.304 e. The maximum absolute atomic E-state index is 4.24. The minimum atomic E-state index is 0.0376. The summed E-state index contributed by atoms with van der Waals surface area (Å²) in [4.78, 5) is 0. The van der Waals surface area contributed by atoms with E-state index in [0.717, 1.165) is 28.8 Å². The van der Waals surface area contributed by atoms with E-state index in [0.29, 0.717) is 0 Å². The Kier molecular flexibility index (Phi) is 4.25. The number of rotatable bonds is 5. The van der Waals surface area contributed by atoms with Gasteiger partial charge in [0.2, 0.25) is 0 Å². The zero-order chi connectivity index (χ0) is 12.3. The van der Waals surface area contributed by atoms with Gasteiger partial charge in [0.15, 0.2) is 0 Å². The molecule has 1 unspecified atom stereocenters. The van der Waals surface area contributed by atoms with Crippen molar-refractivity contribution in [2.45, 2.75) is 19.4 Å². The highest BCUT2D eigenvalue weighted by atomic mass is 79.9. The molecular weight excluding hydrogens is 302 g/mol. The predicted molar refractivity (Wildman–Crippen MR) is 71.0 cm³/mol. The third-order valence-electron chi connectivity index (χ3n) is 2.48. The maximum Gasteiger partial charge on any atom is 0.0986 e. The van der Waals surface area contributed by atoms with Crippen molar-refractivity contribution in [1.82, 2.24) is 24.7 Å². The summed E-state index contributed by atoms with van der Waals surface area (Å²) in [6, 6.07) is 0.0376. The van der Waals surface area contributed by atoms with Crippen molar-refractivity contribution in [1.29, 1.82) is 0 Å². The SMILES string of the molecule is CCCNC(c1csnn1)c1c(Br)cnn1C. The van der Waals surface area contributed by atoms with E-state index < -0.39 is 0 Å². The van der Waals surface area contributed by atoms with Gasteiger partial charge in [-0.25, -0.2) is 0 Å². The average molecular weight is 316 g/mol. The molecule has 0 aliphatic heterocycles. The molecule has 17 heavy (non-hydrogen) atoms. The molecule has 0 radical (unpaired) electrons. The van der Waals surface area contributed by atoms with Gasteiger partial charge in [0.1, 0.15) is 0 Å². The van der Waals surface area contributed by atoms with E-state index >= 15 is 0 Å². The van der Waals surface area contributed by atoms with Crippen LogP contribution in [0.15, 0.2) is 16.0 Å². The van der Waals surface area contributed by atoms with Gasteiger partial charge in [0, 0.05) is 12.4 Å². The first-order valence-corrected chi connectivity index (χ1v) is 7.04. The number of hydrogen-bond acceptors (Lipinski definition) is 5. The fraction of sp³-hybridized carbons (Fsp3) is 0.500. The average Bonchev–Trinajstić information content (AvgIpc) is 2.93. The van der Waals surface area contributed by atoms with Crippen LogP contribution in [0.2, 0.25) is 0 Å². The van der Waals surface area contributed by atoms with Crippen LogP contribution in [0.3, 0.4) is 0 Å². The second-order valence-electron chi connectivity index (χ2n) is 3.72. The van der Waals surface area contributed by atoms with E-state index in [1.807, 2.05) is 17.1 Å². The van der Waals surface area contributed by atoms with Crippen molar-refractivity contribution < 1.29 is 0 Å². The van der Waals surface area contributed by atoms with Crippen LogP contribution in [-0.2, 0) is 7.05 Å². The molecule has 1 N–H and O–H groups in total. The van der Waals surface area contributed by atoms with Gasteiger partial charge in [-0.05, 0) is 40.4 Å². The summed E-state index contributed by atoms with van der Waals surface area (Å²) in [5, 5.41) is 13.8. The van der Waals surface area contributed by atoms with Gasteiger partial charge in [-0.15, -0.1) is 5.10 Å². The van der Waals surface area contributed by atoms with Crippen LogP contribution in [0.4, 0.5) is 0 Å². The summed E-state index contributed by atoms with van der Waals surface area (Å²) in [6.07, 6.45) is 2.87. The molecule has 0 amide bonds. The Bertz CT molecular complexity index is 448. The summed E-state index contributed by atoms with van der Waals surface area (Å²) >= 11 is 4.89. The summed E-state index contributed by atoms with van der Waals surface area (Å²) in [5.41, 5.74) is 2.01. The molecule has 0 saturated heterocycles. The number of halogens is 1. The van der Waals surface area contributed by atoms with Gasteiger partial charge < -0.3 is 5.32 Å². The third kappa shape index (κ3) is 2.72. The first-order chi connectivity index (χ1) is 8.24. The molecule has 0 aromatic carbocycles. The predicted octanol–water partition coefficient (Wildman–Crippen LogP) is 2.12. The van der Waals surface area contributed by atoms with Crippen LogP contribution in [0, 0.1) is 0 Å². The minimum Gasteiger partial charge on any atom is -0.304 e. The van der Waals surface area contributed by atoms with Crippen molar-refractivity contribution in [2.24, 2.45) is 7.05 Å². The topological polar surface area (TPSA) is 55.6 Å². The lowest BCUT2D eigenvalue weighted by Gasteiger charge is -2.17. The van der Waals surface area contributed by atoms with Gasteiger partial charge in [0.25, 0.3) is 0 Å². The van der Waals surface area contributed by atoms with Crippen molar-refractivity contribution >= 4 is 27.5 Å². The molecule has 0 bridgehead atoms. The van der Waals surface area contributed by atoms with Crippen molar-refractivity contribution in [3.05, 3.63) is 27.4 Å². The fourth-order valence-corrected chi connectivity index (χ4v) is 2.73. The number of nitrogens with one attached hydrogen (secondary N) is 1. The van der Waals surface area contributed by atoms with Gasteiger partial charge in [-0.1, -0.05) is 11.4 Å². The maximum atomic E-state index is 4.24. The summed E-state index contributed by atoms with van der Waals surface area (Å²) in [6.45, 7) is 3.07. The van der Waals surface area contributed by atoms with E-state index in [9.17, 15) is 0 Å². The van der Waals surface area contributed by atoms with E-state index in [1.165, 1.54) is 11.5 Å². The Morgan fingerprint density at radius 2 is 2.41 bits per heavy atom. The third-order valence-corrected chi connectivity index (χ3v) is 3.62. The highest BCUT2D eigenvalue weighted by molar-refractivity contribution is 9.10. The molecule has 0 aliphatic carbocycles. The molecule has 0 saturated carbocycles. The lowest BCUT2D eigenvalue weighted by Crippen LogP contribution is -2.26. The quantitative estimate of drug-likeness (QED) is 0.918. The van der Waals surface area contributed by atoms with Gasteiger partial charge in [0.05, 0.1) is 28.1 Å². The zero-order valence-electron chi connectivity index (χ0n) is 9.72. The number of aromatic nitrogens is 4. The first-order valence-electron chi connectivity index (χ1n) is 5.41. The molecule has 1 atom stereocenters. The Labute approximate surface area is 113 Å². The monoisotopic (exact) mass is 315 g/mol. The molecule has 92 valence electrons. The Morgan fingerprint density at radius 3 is 2.94 bits per heavy atom. The van der Waals surface area contributed by atoms with E-state index in [2.05, 4.69) is 42.9 Å². The van der Waals surface area contributed by atoms with Crippen LogP contribution < -0.4 is 5.32 Å². The molecule has 2 aromatic rings. The molecule has 2 aromatic heterocycles. The van der Waals surface area contributed by atoms with Gasteiger partial charge in [-0.3, -0.25) is 4.68 Å². The normalized spacial score (nSPS) is 12.9. The summed E-state index contributed by atoms with van der Waals surface area (Å²) in [7, 11) is 1.93. The first kappa shape index (κ1) is 12.7. The van der Waals surface area contributed by atoms with E-state index in [4.69, 9.17) is 0 Å². The lowest BCUT2D eigenvalue weighted by molar-refractivity contribution is 0.541. The molecular formula is C10H14BrN5S. The van der Waals surface area contributed by atoms with Crippen LogP contribution >= 0.6 is 27.5 Å². The smallest absolute Gasteiger partial charge is 0.0986 e. The van der Waals surface area contributed by atoms with Crippen molar-refractivity contribution in [2.75, 3.05) is 6.54 Å². The van der Waals surface area contributed by atoms with E-state index in [1.54, 1.807) is 6.20 Å². The highest BCUT2D eigenvalue weighted by Gasteiger charge is 2.22. The molecule has 0 spiro atoms. The standard InChI is InChI=1S/C10H14BrN5S/c1-3-4-12-9(8-6-17-15-14-8)10-7(11)5-13-16(10)2/h5-6,9,12H,3-4H2,1-2H3. The summed E-state index contributed by atoms with van der Waals surface area (Å²) in [5.74, 6) is 0. The van der Waals surface area contributed by atoms with Crippen LogP contribution in [0.5, 0.6) is 0 Å². The Balaban J connectivity index is 2.33. The van der Waals surface area contributed by atoms with Crippen molar-refractivity contribution in [3.63, 3.8) is 0 Å². The Hall–Kier alpha value is -0.790. The second-order valence-corrected chi connectivity index (χ2v) is 5.18. The van der Waals surface area contributed by atoms with Crippen LogP contribution in [-0.4, -0.2) is 25.9 Å². The minimum absolute atomic E-state index is 0.0376. The number of aryl methyl sites for hydroxylation is 1. The van der Waals surface area contributed by atoms with Crippen LogP contribution in [0.1, 0.15) is 30.8 Å². The molecule has 0 fully saturated rings.